The molecule has 1 aliphatic carbocycles. The number of rotatable bonds is 3. The Balaban J connectivity index is 2.56. The minimum atomic E-state index is 0.909. The van der Waals surface area contributed by atoms with Crippen molar-refractivity contribution in [2.24, 2.45) is 23.7 Å². The van der Waals surface area contributed by atoms with Gasteiger partial charge in [0.2, 0.25) is 0 Å². The molecular formula is C12H24. The minimum Gasteiger partial charge on any atom is -0.0651 e. The van der Waals surface area contributed by atoms with Gasteiger partial charge in [-0.2, -0.15) is 0 Å². The first-order valence-corrected chi connectivity index (χ1v) is 5.70. The lowest BCUT2D eigenvalue weighted by Gasteiger charge is -2.25. The summed E-state index contributed by atoms with van der Waals surface area (Å²) in [5.41, 5.74) is 0. The monoisotopic (exact) mass is 168 g/mol. The van der Waals surface area contributed by atoms with Crippen LogP contribution in [0.3, 0.4) is 0 Å². The van der Waals surface area contributed by atoms with Crippen LogP contribution in [0.1, 0.15) is 53.4 Å². The molecule has 0 amide bonds. The number of hydrogen-bond donors (Lipinski definition) is 0. The first-order chi connectivity index (χ1) is 5.70. The van der Waals surface area contributed by atoms with Crippen molar-refractivity contribution in [2.75, 3.05) is 0 Å². The van der Waals surface area contributed by atoms with Crippen LogP contribution in [0, 0.1) is 23.7 Å². The van der Waals surface area contributed by atoms with Gasteiger partial charge in [-0.05, 0) is 36.5 Å². The standard InChI is InChI=1S/C12H24/c1-5-10-7-8-12(9(3)4)11(10)6-2/h9-12H,5-8H2,1-4H3. The smallest absolute Gasteiger partial charge is 0.0358 e. The van der Waals surface area contributed by atoms with Gasteiger partial charge in [0.15, 0.2) is 0 Å². The molecule has 1 rings (SSSR count). The van der Waals surface area contributed by atoms with Crippen LogP contribution in [0.4, 0.5) is 0 Å². The van der Waals surface area contributed by atoms with Crippen molar-refractivity contribution < 1.29 is 0 Å². The van der Waals surface area contributed by atoms with E-state index < -0.39 is 0 Å². The SMILES string of the molecule is CCC1CCC(C(C)C)C1CC. The summed E-state index contributed by atoms with van der Waals surface area (Å²) in [5, 5.41) is 0. The normalized spacial score (nSPS) is 36.2. The first kappa shape index (κ1) is 10.1. The van der Waals surface area contributed by atoms with Gasteiger partial charge >= 0.3 is 0 Å². The minimum absolute atomic E-state index is 0.909. The molecule has 0 saturated heterocycles. The fourth-order valence-corrected chi connectivity index (χ4v) is 3.15. The van der Waals surface area contributed by atoms with E-state index in [0.29, 0.717) is 0 Å². The second-order valence-corrected chi connectivity index (χ2v) is 4.73. The van der Waals surface area contributed by atoms with Crippen LogP contribution in [0.5, 0.6) is 0 Å². The molecule has 12 heavy (non-hydrogen) atoms. The van der Waals surface area contributed by atoms with Crippen LogP contribution in [0.25, 0.3) is 0 Å². The molecule has 0 N–H and O–H groups in total. The van der Waals surface area contributed by atoms with E-state index in [1.54, 1.807) is 0 Å². The fourth-order valence-electron chi connectivity index (χ4n) is 3.15. The predicted molar refractivity (Wildman–Crippen MR) is 55.1 cm³/mol. The van der Waals surface area contributed by atoms with Gasteiger partial charge in [0.25, 0.3) is 0 Å². The molecule has 72 valence electrons. The third-order valence-electron chi connectivity index (χ3n) is 3.88. The lowest BCUT2D eigenvalue weighted by molar-refractivity contribution is 0.240. The van der Waals surface area contributed by atoms with E-state index in [1.165, 1.54) is 25.7 Å². The highest BCUT2D eigenvalue weighted by molar-refractivity contribution is 4.84. The summed E-state index contributed by atoms with van der Waals surface area (Å²) in [5.74, 6) is 4.02. The largest absolute Gasteiger partial charge is 0.0651 e. The van der Waals surface area contributed by atoms with Gasteiger partial charge in [-0.15, -0.1) is 0 Å². The Labute approximate surface area is 77.7 Å². The molecule has 1 aliphatic rings. The Morgan fingerprint density at radius 3 is 2.17 bits per heavy atom. The predicted octanol–water partition coefficient (Wildman–Crippen LogP) is 4.10. The highest BCUT2D eigenvalue weighted by Gasteiger charge is 2.34. The molecule has 0 nitrogen and oxygen atoms in total. The van der Waals surface area contributed by atoms with Crippen LogP contribution >= 0.6 is 0 Å². The average molecular weight is 168 g/mol. The maximum atomic E-state index is 2.39. The quantitative estimate of drug-likeness (QED) is 0.595. The summed E-state index contributed by atoms with van der Waals surface area (Å²) in [6, 6.07) is 0. The molecule has 0 aromatic heterocycles. The third kappa shape index (κ3) is 1.84. The van der Waals surface area contributed by atoms with Crippen LogP contribution in [0.2, 0.25) is 0 Å². The van der Waals surface area contributed by atoms with E-state index in [4.69, 9.17) is 0 Å². The topological polar surface area (TPSA) is 0 Å². The summed E-state index contributed by atoms with van der Waals surface area (Å²) < 4.78 is 0. The lowest BCUT2D eigenvalue weighted by Crippen LogP contribution is -2.18. The molecule has 0 aromatic carbocycles. The van der Waals surface area contributed by atoms with Crippen molar-refractivity contribution in [1.82, 2.24) is 0 Å². The van der Waals surface area contributed by atoms with Crippen molar-refractivity contribution >= 4 is 0 Å². The van der Waals surface area contributed by atoms with Gasteiger partial charge in [-0.3, -0.25) is 0 Å². The molecule has 0 heteroatoms. The van der Waals surface area contributed by atoms with Gasteiger partial charge in [-0.1, -0.05) is 40.5 Å². The Morgan fingerprint density at radius 2 is 1.75 bits per heavy atom. The van der Waals surface area contributed by atoms with Crippen molar-refractivity contribution in [3.63, 3.8) is 0 Å². The van der Waals surface area contributed by atoms with Crippen LogP contribution in [-0.2, 0) is 0 Å². The maximum absolute atomic E-state index is 2.39. The molecule has 0 radical (unpaired) electrons. The average Bonchev–Trinajstić information content (AvgIpc) is 2.46. The summed E-state index contributed by atoms with van der Waals surface area (Å²) in [4.78, 5) is 0. The zero-order chi connectivity index (χ0) is 9.14. The van der Waals surface area contributed by atoms with Gasteiger partial charge in [-0.25, -0.2) is 0 Å². The van der Waals surface area contributed by atoms with Crippen LogP contribution in [0.15, 0.2) is 0 Å². The van der Waals surface area contributed by atoms with E-state index in [2.05, 4.69) is 27.7 Å². The molecule has 0 aromatic rings. The van der Waals surface area contributed by atoms with E-state index in [-0.39, 0.29) is 0 Å². The molecule has 0 aliphatic heterocycles. The van der Waals surface area contributed by atoms with Crippen molar-refractivity contribution in [1.29, 1.82) is 0 Å². The fraction of sp³-hybridized carbons (Fsp3) is 1.00. The highest BCUT2D eigenvalue weighted by atomic mass is 14.4. The molecule has 3 atom stereocenters. The summed E-state index contributed by atoms with van der Waals surface area (Å²) in [7, 11) is 0. The van der Waals surface area contributed by atoms with Gasteiger partial charge in [0, 0.05) is 0 Å². The first-order valence-electron chi connectivity index (χ1n) is 5.70. The zero-order valence-corrected chi connectivity index (χ0v) is 9.14. The van der Waals surface area contributed by atoms with Crippen LogP contribution in [-0.4, -0.2) is 0 Å². The van der Waals surface area contributed by atoms with E-state index in [1.807, 2.05) is 0 Å². The summed E-state index contributed by atoms with van der Waals surface area (Å²) >= 11 is 0. The highest BCUT2D eigenvalue weighted by Crippen LogP contribution is 2.44. The Morgan fingerprint density at radius 1 is 1.08 bits per heavy atom. The second kappa shape index (κ2) is 4.30. The van der Waals surface area contributed by atoms with Crippen molar-refractivity contribution in [3.8, 4) is 0 Å². The Kier molecular flexibility index (Phi) is 3.61. The zero-order valence-electron chi connectivity index (χ0n) is 9.14. The Bertz CT molecular complexity index is 126. The van der Waals surface area contributed by atoms with Crippen molar-refractivity contribution in [2.45, 2.75) is 53.4 Å². The molecule has 0 spiro atoms. The van der Waals surface area contributed by atoms with Gasteiger partial charge in [0.05, 0.1) is 0 Å². The van der Waals surface area contributed by atoms with E-state index in [9.17, 15) is 0 Å². The molecule has 1 fully saturated rings. The van der Waals surface area contributed by atoms with E-state index in [0.717, 1.165) is 23.7 Å². The lowest BCUT2D eigenvalue weighted by atomic mass is 9.80. The van der Waals surface area contributed by atoms with Gasteiger partial charge in [0.1, 0.15) is 0 Å². The molecule has 3 unspecified atom stereocenters. The summed E-state index contributed by atoms with van der Waals surface area (Å²) in [6.45, 7) is 9.51. The molecule has 0 bridgehead atoms. The molecular weight excluding hydrogens is 144 g/mol. The second-order valence-electron chi connectivity index (χ2n) is 4.73. The van der Waals surface area contributed by atoms with Crippen LogP contribution < -0.4 is 0 Å². The third-order valence-corrected chi connectivity index (χ3v) is 3.88. The Hall–Kier alpha value is 0. The van der Waals surface area contributed by atoms with Gasteiger partial charge < -0.3 is 0 Å². The number of hydrogen-bond acceptors (Lipinski definition) is 0. The van der Waals surface area contributed by atoms with Crippen molar-refractivity contribution in [3.05, 3.63) is 0 Å². The summed E-state index contributed by atoms with van der Waals surface area (Å²) in [6.07, 6.45) is 5.80. The maximum Gasteiger partial charge on any atom is -0.0358 e. The molecule has 0 heterocycles. The van der Waals surface area contributed by atoms with E-state index >= 15 is 0 Å². The molecule has 1 saturated carbocycles.